The van der Waals surface area contributed by atoms with Crippen molar-refractivity contribution in [2.45, 2.75) is 96.9 Å². The van der Waals surface area contributed by atoms with Crippen LogP contribution in [0.25, 0.3) is 0 Å². The van der Waals surface area contributed by atoms with Gasteiger partial charge in [0.15, 0.2) is 5.78 Å². The maximum atomic E-state index is 13.4. The Morgan fingerprint density at radius 1 is 1.18 bits per heavy atom. The largest absolute Gasteiger partial charge is 1.00 e. The molecule has 184 valence electrons. The second-order valence-corrected chi connectivity index (χ2v) is 11.6. The standard InChI is InChI=1S/C26H38O7.Na/c1-14(2)33-23(31)21-20-16(24(3)9-5-15(27)13-18(24)22(21)30)6-10-25(4)17(20)7-11-26(25,32)12-8-19(28)29;/h13-14,16-17,20-22,30,32H,5-12H2,1-4H3,(H,28,29);/q;+1/p-1/t16-,17-,20+,21?,22?,24+,25-,26-;/m0./s1. The number of aliphatic carboxylic acids is 1. The van der Waals surface area contributed by atoms with E-state index in [0.717, 1.165) is 6.42 Å². The molecule has 0 saturated heterocycles. The number of carbonyl (C=O) groups excluding carboxylic acids is 3. The number of aliphatic hydroxyl groups is 2. The first-order valence-electron chi connectivity index (χ1n) is 12.4. The van der Waals surface area contributed by atoms with Crippen LogP contribution in [-0.2, 0) is 19.1 Å². The van der Waals surface area contributed by atoms with Crippen LogP contribution in [0.4, 0.5) is 0 Å². The summed E-state index contributed by atoms with van der Waals surface area (Å²) in [5.41, 5.74) is -1.46. The molecule has 3 saturated carbocycles. The van der Waals surface area contributed by atoms with Crippen molar-refractivity contribution >= 4 is 17.7 Å². The van der Waals surface area contributed by atoms with Gasteiger partial charge in [-0.2, -0.15) is 0 Å². The second kappa shape index (κ2) is 9.62. The molecule has 0 aromatic rings. The number of hydrogen-bond acceptors (Lipinski definition) is 7. The summed E-state index contributed by atoms with van der Waals surface area (Å²) in [5, 5.41) is 34.3. The average molecular weight is 485 g/mol. The maximum absolute atomic E-state index is 13.4. The van der Waals surface area contributed by atoms with E-state index in [1.807, 2.05) is 6.92 Å². The Morgan fingerprint density at radius 3 is 2.44 bits per heavy atom. The minimum absolute atomic E-state index is 0. The van der Waals surface area contributed by atoms with Crippen LogP contribution in [0.5, 0.6) is 0 Å². The molecule has 7 nitrogen and oxygen atoms in total. The zero-order valence-corrected chi connectivity index (χ0v) is 23.1. The molecule has 0 aromatic carbocycles. The molecule has 0 bridgehead atoms. The summed E-state index contributed by atoms with van der Waals surface area (Å²) in [7, 11) is 0. The number of rotatable bonds is 5. The molecule has 0 aromatic heterocycles. The number of ketones is 1. The van der Waals surface area contributed by atoms with Gasteiger partial charge in [-0.05, 0) is 99.0 Å². The Balaban J connectivity index is 0.00000324. The quantitative estimate of drug-likeness (QED) is 0.376. The first-order valence-corrected chi connectivity index (χ1v) is 12.4. The number of fused-ring (bicyclic) bond motifs is 5. The number of carboxylic acids is 1. The van der Waals surface area contributed by atoms with Crippen LogP contribution in [0.3, 0.4) is 0 Å². The van der Waals surface area contributed by atoms with E-state index in [1.165, 1.54) is 0 Å². The molecule has 4 aliphatic rings. The molecular formula is C26H37NaO7. The van der Waals surface area contributed by atoms with Crippen molar-refractivity contribution in [3.8, 4) is 0 Å². The van der Waals surface area contributed by atoms with Crippen molar-refractivity contribution in [3.63, 3.8) is 0 Å². The normalized spacial score (nSPS) is 43.2. The Kier molecular flexibility index (Phi) is 7.88. The molecule has 8 atom stereocenters. The predicted molar refractivity (Wildman–Crippen MR) is 117 cm³/mol. The third-order valence-corrected chi connectivity index (χ3v) is 9.78. The SMILES string of the molecule is CC(C)OC(=O)C1C(O)C2=CC(=O)CC[C@]2(C)[C@H]2CC[C@@]3(C)[C@@H](CC[C@]3(O)CCC(=O)[O-])[C@H]12.[Na+]. The third-order valence-electron chi connectivity index (χ3n) is 9.78. The van der Waals surface area contributed by atoms with Gasteiger partial charge in [0.25, 0.3) is 0 Å². The number of aliphatic hydroxyl groups excluding tert-OH is 1. The molecule has 0 amide bonds. The Bertz CT molecular complexity index is 884. The molecule has 0 heterocycles. The molecular weight excluding hydrogens is 447 g/mol. The third kappa shape index (κ3) is 4.23. The van der Waals surface area contributed by atoms with Crippen LogP contribution >= 0.6 is 0 Å². The van der Waals surface area contributed by atoms with Crippen molar-refractivity contribution in [2.24, 2.45) is 34.5 Å². The number of esters is 1. The van der Waals surface area contributed by atoms with Crippen molar-refractivity contribution in [3.05, 3.63) is 11.6 Å². The van der Waals surface area contributed by atoms with Crippen LogP contribution in [-0.4, -0.2) is 45.7 Å². The molecule has 2 unspecified atom stereocenters. The summed E-state index contributed by atoms with van der Waals surface area (Å²) in [6, 6.07) is 0. The Morgan fingerprint density at radius 2 is 1.82 bits per heavy atom. The van der Waals surface area contributed by atoms with Gasteiger partial charge < -0.3 is 24.9 Å². The van der Waals surface area contributed by atoms with Gasteiger partial charge in [-0.1, -0.05) is 13.8 Å². The van der Waals surface area contributed by atoms with Crippen LogP contribution in [0.2, 0.25) is 0 Å². The van der Waals surface area contributed by atoms with E-state index in [0.29, 0.717) is 37.7 Å². The molecule has 0 radical (unpaired) electrons. The maximum Gasteiger partial charge on any atom is 1.00 e. The first kappa shape index (κ1) is 27.9. The number of carbonyl (C=O) groups is 3. The summed E-state index contributed by atoms with van der Waals surface area (Å²) >= 11 is 0. The second-order valence-electron chi connectivity index (χ2n) is 11.6. The molecule has 4 aliphatic carbocycles. The average Bonchev–Trinajstić information content (AvgIpc) is 2.99. The first-order chi connectivity index (χ1) is 15.3. The van der Waals surface area contributed by atoms with Crippen LogP contribution in [0.1, 0.15) is 79.1 Å². The fraction of sp³-hybridized carbons (Fsp3) is 0.808. The summed E-state index contributed by atoms with van der Waals surface area (Å²) in [4.78, 5) is 36.8. The molecule has 8 heteroatoms. The Hall–Kier alpha value is -0.730. The van der Waals surface area contributed by atoms with Crippen LogP contribution < -0.4 is 34.7 Å². The van der Waals surface area contributed by atoms with Crippen LogP contribution in [0, 0.1) is 34.5 Å². The summed E-state index contributed by atoms with van der Waals surface area (Å²) in [6.07, 6.45) is 3.67. The van der Waals surface area contributed by atoms with E-state index in [-0.39, 0.29) is 77.5 Å². The van der Waals surface area contributed by atoms with Gasteiger partial charge in [0.2, 0.25) is 0 Å². The van der Waals surface area contributed by atoms with Gasteiger partial charge in [-0.25, -0.2) is 0 Å². The predicted octanol–water partition coefficient (Wildman–Crippen LogP) is -1.07. The van der Waals surface area contributed by atoms with Gasteiger partial charge in [0, 0.05) is 12.4 Å². The minimum atomic E-state index is -1.18. The summed E-state index contributed by atoms with van der Waals surface area (Å²) in [6.45, 7) is 7.68. The summed E-state index contributed by atoms with van der Waals surface area (Å²) < 4.78 is 5.60. The summed E-state index contributed by atoms with van der Waals surface area (Å²) in [5.74, 6) is -2.65. The minimum Gasteiger partial charge on any atom is -0.550 e. The molecule has 34 heavy (non-hydrogen) atoms. The fourth-order valence-electron chi connectivity index (χ4n) is 8.03. The van der Waals surface area contributed by atoms with Crippen molar-refractivity contribution < 1.29 is 64.0 Å². The van der Waals surface area contributed by atoms with Gasteiger partial charge in [-0.15, -0.1) is 0 Å². The van der Waals surface area contributed by atoms with E-state index >= 15 is 0 Å². The number of ether oxygens (including phenoxy) is 1. The van der Waals surface area contributed by atoms with Gasteiger partial charge in [0.05, 0.1) is 23.7 Å². The zero-order chi connectivity index (χ0) is 24.3. The van der Waals surface area contributed by atoms with E-state index in [2.05, 4.69) is 6.92 Å². The Labute approximate surface area is 224 Å². The fourth-order valence-corrected chi connectivity index (χ4v) is 8.03. The van der Waals surface area contributed by atoms with Gasteiger partial charge in [-0.3, -0.25) is 9.59 Å². The van der Waals surface area contributed by atoms with E-state index in [4.69, 9.17) is 4.74 Å². The number of hydrogen-bond donors (Lipinski definition) is 2. The van der Waals surface area contributed by atoms with Crippen LogP contribution in [0.15, 0.2) is 11.6 Å². The van der Waals surface area contributed by atoms with Gasteiger partial charge in [0.1, 0.15) is 0 Å². The van der Waals surface area contributed by atoms with Crippen molar-refractivity contribution in [2.75, 3.05) is 0 Å². The van der Waals surface area contributed by atoms with E-state index < -0.39 is 35.0 Å². The molecule has 3 fully saturated rings. The van der Waals surface area contributed by atoms with Crippen molar-refractivity contribution in [1.29, 1.82) is 0 Å². The smallest absolute Gasteiger partial charge is 0.550 e. The molecule has 0 aliphatic heterocycles. The van der Waals surface area contributed by atoms with Crippen molar-refractivity contribution in [1.82, 2.24) is 0 Å². The number of carboxylic acid groups (broad SMARTS) is 1. The van der Waals surface area contributed by atoms with E-state index in [9.17, 15) is 29.7 Å². The molecule has 0 spiro atoms. The van der Waals surface area contributed by atoms with E-state index in [1.54, 1.807) is 19.9 Å². The zero-order valence-electron chi connectivity index (χ0n) is 21.1. The van der Waals surface area contributed by atoms with Gasteiger partial charge >= 0.3 is 35.5 Å². The monoisotopic (exact) mass is 484 g/mol. The molecule has 2 N–H and O–H groups in total. The topological polar surface area (TPSA) is 124 Å². The molecule has 4 rings (SSSR count).